The van der Waals surface area contributed by atoms with Crippen LogP contribution in [0.3, 0.4) is 0 Å². The first-order valence-electron chi connectivity index (χ1n) is 6.61. The van der Waals surface area contributed by atoms with Crippen molar-refractivity contribution in [2.45, 2.75) is 12.5 Å². The maximum absolute atomic E-state index is 9.43. The van der Waals surface area contributed by atoms with E-state index in [1.54, 1.807) is 25.3 Å². The third kappa shape index (κ3) is 2.64. The maximum Gasteiger partial charge on any atom is 0.143 e. The summed E-state index contributed by atoms with van der Waals surface area (Å²) in [5.41, 5.74) is 2.05. The first kappa shape index (κ1) is 12.7. The molecule has 104 valence electrons. The van der Waals surface area contributed by atoms with Crippen LogP contribution in [0.2, 0.25) is 0 Å². The molecule has 0 spiro atoms. The molecular weight excluding hydrogens is 254 g/mol. The van der Waals surface area contributed by atoms with E-state index in [0.29, 0.717) is 0 Å². The highest BCUT2D eigenvalue weighted by Crippen LogP contribution is 2.32. The molecule has 0 saturated heterocycles. The Morgan fingerprint density at radius 2 is 2.05 bits per heavy atom. The zero-order valence-corrected chi connectivity index (χ0v) is 11.3. The van der Waals surface area contributed by atoms with Crippen LogP contribution >= 0.6 is 0 Å². The number of rotatable bonds is 3. The molecule has 0 saturated carbocycles. The lowest BCUT2D eigenvalue weighted by molar-refractivity contribution is 0.206. The summed E-state index contributed by atoms with van der Waals surface area (Å²) in [4.78, 5) is 0. The minimum Gasteiger partial charge on any atom is -0.508 e. The molecule has 4 nitrogen and oxygen atoms in total. The van der Waals surface area contributed by atoms with Gasteiger partial charge in [0.25, 0.3) is 0 Å². The predicted octanol–water partition coefficient (Wildman–Crippen LogP) is 2.82. The lowest BCUT2D eigenvalue weighted by Crippen LogP contribution is -2.32. The maximum atomic E-state index is 9.43. The Balaban J connectivity index is 1.69. The van der Waals surface area contributed by atoms with Gasteiger partial charge in [-0.15, -0.1) is 0 Å². The summed E-state index contributed by atoms with van der Waals surface area (Å²) in [6, 6.07) is 13.1. The van der Waals surface area contributed by atoms with Gasteiger partial charge in [0.15, 0.2) is 0 Å². The molecule has 20 heavy (non-hydrogen) atoms. The average molecular weight is 271 g/mol. The number of phenolic OH excluding ortho intramolecular Hbond substituents is 1. The van der Waals surface area contributed by atoms with Crippen molar-refractivity contribution in [1.29, 1.82) is 0 Å². The molecule has 0 amide bonds. The Labute approximate surface area is 118 Å². The molecular formula is C16H17NO3. The van der Waals surface area contributed by atoms with Crippen LogP contribution in [0.5, 0.6) is 17.2 Å². The quantitative estimate of drug-likeness (QED) is 0.901. The second-order valence-corrected chi connectivity index (χ2v) is 4.85. The third-order valence-electron chi connectivity index (χ3n) is 3.40. The van der Waals surface area contributed by atoms with Crippen molar-refractivity contribution in [3.8, 4) is 17.2 Å². The minimum atomic E-state index is 0.0837. The number of benzene rings is 2. The Kier molecular flexibility index (Phi) is 3.37. The van der Waals surface area contributed by atoms with E-state index in [2.05, 4.69) is 17.4 Å². The van der Waals surface area contributed by atoms with Gasteiger partial charge in [0, 0.05) is 12.5 Å². The molecule has 0 radical (unpaired) electrons. The number of fused-ring (bicyclic) bond motifs is 1. The Morgan fingerprint density at radius 3 is 2.80 bits per heavy atom. The van der Waals surface area contributed by atoms with Crippen molar-refractivity contribution in [2.75, 3.05) is 19.0 Å². The summed E-state index contributed by atoms with van der Waals surface area (Å²) in [5, 5.41) is 12.7. The van der Waals surface area contributed by atoms with E-state index in [1.165, 1.54) is 5.56 Å². The molecule has 2 aromatic carbocycles. The van der Waals surface area contributed by atoms with Gasteiger partial charge < -0.3 is 19.9 Å². The molecule has 1 aliphatic heterocycles. The molecule has 1 unspecified atom stereocenters. The normalized spacial score (nSPS) is 16.8. The summed E-state index contributed by atoms with van der Waals surface area (Å²) < 4.78 is 11.1. The number of nitrogens with one attached hydrogen (secondary N) is 1. The molecule has 0 fully saturated rings. The Morgan fingerprint density at radius 1 is 1.25 bits per heavy atom. The zero-order valence-electron chi connectivity index (χ0n) is 11.3. The topological polar surface area (TPSA) is 50.7 Å². The molecule has 0 aliphatic carbocycles. The largest absolute Gasteiger partial charge is 0.508 e. The number of ether oxygens (including phenoxy) is 2. The Bertz CT molecular complexity index is 595. The second-order valence-electron chi connectivity index (χ2n) is 4.85. The average Bonchev–Trinajstić information content (AvgIpc) is 2.48. The van der Waals surface area contributed by atoms with Crippen LogP contribution in [0.4, 0.5) is 5.69 Å². The fraction of sp³-hybridized carbons (Fsp3) is 0.250. The lowest BCUT2D eigenvalue weighted by atomic mass is 10.1. The van der Waals surface area contributed by atoms with Crippen molar-refractivity contribution >= 4 is 5.69 Å². The number of aromatic hydroxyl groups is 1. The van der Waals surface area contributed by atoms with E-state index in [4.69, 9.17) is 9.47 Å². The molecule has 2 N–H and O–H groups in total. The smallest absolute Gasteiger partial charge is 0.143 e. The van der Waals surface area contributed by atoms with Crippen LogP contribution in [0.25, 0.3) is 0 Å². The van der Waals surface area contributed by atoms with Crippen molar-refractivity contribution in [2.24, 2.45) is 0 Å². The van der Waals surface area contributed by atoms with Gasteiger partial charge in [0.1, 0.15) is 23.4 Å². The lowest BCUT2D eigenvalue weighted by Gasteiger charge is -2.27. The molecule has 3 rings (SSSR count). The molecule has 1 aliphatic rings. The summed E-state index contributed by atoms with van der Waals surface area (Å²) in [6.45, 7) is 0.725. The van der Waals surface area contributed by atoms with Crippen LogP contribution in [-0.4, -0.2) is 24.9 Å². The van der Waals surface area contributed by atoms with E-state index in [-0.39, 0.29) is 11.9 Å². The van der Waals surface area contributed by atoms with Crippen molar-refractivity contribution in [1.82, 2.24) is 0 Å². The highest BCUT2D eigenvalue weighted by Gasteiger charge is 2.19. The molecule has 1 heterocycles. The highest BCUT2D eigenvalue weighted by atomic mass is 16.5. The third-order valence-corrected chi connectivity index (χ3v) is 3.40. The fourth-order valence-electron chi connectivity index (χ4n) is 2.34. The van der Waals surface area contributed by atoms with Crippen LogP contribution in [0.1, 0.15) is 5.56 Å². The summed E-state index contributed by atoms with van der Waals surface area (Å²) in [5.74, 6) is 1.89. The molecule has 4 heteroatoms. The van der Waals surface area contributed by atoms with Crippen LogP contribution in [0, 0.1) is 0 Å². The number of methoxy groups -OCH3 is 1. The summed E-state index contributed by atoms with van der Waals surface area (Å²) in [7, 11) is 1.66. The number of phenols is 1. The zero-order chi connectivity index (χ0) is 13.9. The fourth-order valence-corrected chi connectivity index (χ4v) is 2.34. The molecule has 0 aromatic heterocycles. The summed E-state index contributed by atoms with van der Waals surface area (Å²) in [6.07, 6.45) is 0.914. The van der Waals surface area contributed by atoms with Crippen LogP contribution < -0.4 is 14.8 Å². The first-order valence-corrected chi connectivity index (χ1v) is 6.61. The number of hydrogen-bond acceptors (Lipinski definition) is 4. The molecule has 1 atom stereocenters. The van der Waals surface area contributed by atoms with E-state index in [0.717, 1.165) is 30.2 Å². The SMILES string of the molecule is COc1ccc(CC2CNc3cc(O)ccc3O2)cc1. The van der Waals surface area contributed by atoms with Gasteiger partial charge >= 0.3 is 0 Å². The van der Waals surface area contributed by atoms with Gasteiger partial charge in [-0.1, -0.05) is 12.1 Å². The Hall–Kier alpha value is -2.36. The van der Waals surface area contributed by atoms with Crippen molar-refractivity contribution in [3.05, 3.63) is 48.0 Å². The van der Waals surface area contributed by atoms with Gasteiger partial charge in [-0.3, -0.25) is 0 Å². The standard InChI is InChI=1S/C16H17NO3/c1-19-13-5-2-11(3-6-13)8-14-10-17-15-9-12(18)4-7-16(15)20-14/h2-7,9,14,17-18H,8,10H2,1H3. The van der Waals surface area contributed by atoms with E-state index < -0.39 is 0 Å². The molecule has 2 aromatic rings. The first-order chi connectivity index (χ1) is 9.74. The number of hydrogen-bond donors (Lipinski definition) is 2. The summed E-state index contributed by atoms with van der Waals surface area (Å²) >= 11 is 0. The predicted molar refractivity (Wildman–Crippen MR) is 77.7 cm³/mol. The van der Waals surface area contributed by atoms with Crippen molar-refractivity contribution < 1.29 is 14.6 Å². The van der Waals surface area contributed by atoms with Gasteiger partial charge in [-0.25, -0.2) is 0 Å². The van der Waals surface area contributed by atoms with Crippen LogP contribution in [-0.2, 0) is 6.42 Å². The monoisotopic (exact) mass is 271 g/mol. The van der Waals surface area contributed by atoms with E-state index in [1.807, 2.05) is 12.1 Å². The highest BCUT2D eigenvalue weighted by molar-refractivity contribution is 5.60. The van der Waals surface area contributed by atoms with Crippen LogP contribution in [0.15, 0.2) is 42.5 Å². The second kappa shape index (κ2) is 5.33. The van der Waals surface area contributed by atoms with Gasteiger partial charge in [-0.05, 0) is 29.8 Å². The number of anilines is 1. The van der Waals surface area contributed by atoms with Gasteiger partial charge in [0.05, 0.1) is 19.3 Å². The minimum absolute atomic E-state index is 0.0837. The van der Waals surface area contributed by atoms with E-state index >= 15 is 0 Å². The molecule has 0 bridgehead atoms. The van der Waals surface area contributed by atoms with Gasteiger partial charge in [-0.2, -0.15) is 0 Å². The van der Waals surface area contributed by atoms with E-state index in [9.17, 15) is 5.11 Å². The van der Waals surface area contributed by atoms with Gasteiger partial charge in [0.2, 0.25) is 0 Å². The van der Waals surface area contributed by atoms with Crippen molar-refractivity contribution in [3.63, 3.8) is 0 Å².